The molecule has 3 heterocycles. The lowest BCUT2D eigenvalue weighted by Crippen LogP contribution is -2.39. The Morgan fingerprint density at radius 2 is 2.12 bits per heavy atom. The van der Waals surface area contributed by atoms with Crippen LogP contribution in [0.2, 0.25) is 0 Å². The number of nitrogens with zero attached hydrogens (tertiary/aromatic N) is 4. The maximum absolute atomic E-state index is 6.14. The van der Waals surface area contributed by atoms with Crippen molar-refractivity contribution >= 4 is 26.8 Å². The molecule has 0 aliphatic carbocycles. The predicted octanol–water partition coefficient (Wildman–Crippen LogP) is 3.52. The fourth-order valence-corrected chi connectivity index (χ4v) is 4.31. The third-order valence-corrected chi connectivity index (χ3v) is 5.72. The van der Waals surface area contributed by atoms with Crippen LogP contribution in [0.15, 0.2) is 30.3 Å². The lowest BCUT2D eigenvalue weighted by molar-refractivity contribution is 0.0316. The van der Waals surface area contributed by atoms with Gasteiger partial charge in [0.05, 0.1) is 23.1 Å². The second kappa shape index (κ2) is 6.53. The van der Waals surface area contributed by atoms with Crippen LogP contribution in [-0.2, 0) is 18.4 Å². The van der Waals surface area contributed by atoms with Crippen LogP contribution in [-0.4, -0.2) is 34.0 Å². The zero-order valence-electron chi connectivity index (χ0n) is 14.1. The van der Waals surface area contributed by atoms with E-state index in [1.807, 2.05) is 24.7 Å². The molecule has 126 valence electrons. The molecule has 3 aromatic rings. The number of aromatic nitrogens is 3. The Morgan fingerprint density at radius 1 is 1.29 bits per heavy atom. The Balaban J connectivity index is 1.44. The number of anilines is 1. The second-order valence-electron chi connectivity index (χ2n) is 6.37. The second-order valence-corrected chi connectivity index (χ2v) is 7.34. The van der Waals surface area contributed by atoms with Crippen LogP contribution >= 0.6 is 11.3 Å². The number of ether oxygens (including phenoxy) is 1. The van der Waals surface area contributed by atoms with E-state index in [0.717, 1.165) is 42.4 Å². The fourth-order valence-electron chi connectivity index (χ4n) is 3.25. The van der Waals surface area contributed by atoms with Gasteiger partial charge < -0.3 is 9.64 Å². The van der Waals surface area contributed by atoms with E-state index in [9.17, 15) is 0 Å². The molecule has 0 spiro atoms. The normalized spacial score (nSPS) is 18.4. The van der Waals surface area contributed by atoms with Crippen molar-refractivity contribution in [2.75, 3.05) is 18.0 Å². The summed E-state index contributed by atoms with van der Waals surface area (Å²) in [4.78, 5) is 7.16. The molecule has 1 aromatic carbocycles. The first-order chi connectivity index (χ1) is 11.7. The number of aryl methyl sites for hydroxylation is 2. The smallest absolute Gasteiger partial charge is 0.188 e. The minimum atomic E-state index is 0.269. The van der Waals surface area contributed by atoms with Gasteiger partial charge in [-0.15, -0.1) is 0 Å². The average Bonchev–Trinajstić information content (AvgIpc) is 3.16. The van der Waals surface area contributed by atoms with E-state index < -0.39 is 0 Å². The van der Waals surface area contributed by atoms with Gasteiger partial charge in [0.1, 0.15) is 0 Å². The molecule has 4 rings (SSSR count). The highest BCUT2D eigenvalue weighted by Gasteiger charge is 2.24. The van der Waals surface area contributed by atoms with Crippen LogP contribution in [0, 0.1) is 6.92 Å². The van der Waals surface area contributed by atoms with Crippen molar-refractivity contribution in [1.82, 2.24) is 14.8 Å². The van der Waals surface area contributed by atoms with E-state index in [2.05, 4.69) is 34.3 Å². The molecule has 6 heteroatoms. The van der Waals surface area contributed by atoms with Crippen molar-refractivity contribution < 1.29 is 4.74 Å². The summed E-state index contributed by atoms with van der Waals surface area (Å²) in [5.74, 6) is 0. The SMILES string of the molecule is Cc1nn(C)c2nc(N3CCC[C@H](OCc4ccccc4)C3)sc12. The number of hydrogen-bond acceptors (Lipinski definition) is 5. The molecule has 1 aliphatic heterocycles. The van der Waals surface area contributed by atoms with Gasteiger partial charge >= 0.3 is 0 Å². The molecule has 5 nitrogen and oxygen atoms in total. The Labute approximate surface area is 145 Å². The highest BCUT2D eigenvalue weighted by Crippen LogP contribution is 2.32. The summed E-state index contributed by atoms with van der Waals surface area (Å²) in [6.45, 7) is 4.70. The first kappa shape index (κ1) is 15.6. The first-order valence-electron chi connectivity index (χ1n) is 8.41. The molecule has 0 saturated carbocycles. The maximum atomic E-state index is 6.14. The third kappa shape index (κ3) is 3.03. The van der Waals surface area contributed by atoms with Gasteiger partial charge in [0.2, 0.25) is 0 Å². The zero-order valence-corrected chi connectivity index (χ0v) is 14.9. The summed E-state index contributed by atoms with van der Waals surface area (Å²) in [5, 5.41) is 5.53. The van der Waals surface area contributed by atoms with Gasteiger partial charge in [0.15, 0.2) is 10.8 Å². The van der Waals surface area contributed by atoms with Gasteiger partial charge in [-0.05, 0) is 25.3 Å². The van der Waals surface area contributed by atoms with Gasteiger partial charge in [-0.1, -0.05) is 41.7 Å². The molecule has 0 N–H and O–H groups in total. The Morgan fingerprint density at radius 3 is 2.92 bits per heavy atom. The molecule has 0 bridgehead atoms. The number of benzene rings is 1. The lowest BCUT2D eigenvalue weighted by Gasteiger charge is -2.32. The minimum Gasteiger partial charge on any atom is -0.372 e. The van der Waals surface area contributed by atoms with Gasteiger partial charge in [0.25, 0.3) is 0 Å². The highest BCUT2D eigenvalue weighted by molar-refractivity contribution is 7.22. The van der Waals surface area contributed by atoms with E-state index in [0.29, 0.717) is 6.61 Å². The molecule has 24 heavy (non-hydrogen) atoms. The van der Waals surface area contributed by atoms with Crippen LogP contribution in [0.3, 0.4) is 0 Å². The molecular weight excluding hydrogens is 320 g/mol. The molecule has 1 atom stereocenters. The van der Waals surface area contributed by atoms with E-state index >= 15 is 0 Å². The van der Waals surface area contributed by atoms with Crippen molar-refractivity contribution in [3.63, 3.8) is 0 Å². The Kier molecular flexibility index (Phi) is 4.24. The standard InChI is InChI=1S/C18H22N4OS/c1-13-16-17(21(2)20-13)19-18(24-16)22-10-6-9-15(11-22)23-12-14-7-4-3-5-8-14/h3-5,7-8,15H,6,9-12H2,1-2H3/t15-/m0/s1. The summed E-state index contributed by atoms with van der Waals surface area (Å²) < 4.78 is 9.21. The van der Waals surface area contributed by atoms with E-state index in [1.54, 1.807) is 11.3 Å². The van der Waals surface area contributed by atoms with Crippen molar-refractivity contribution in [3.05, 3.63) is 41.6 Å². The summed E-state index contributed by atoms with van der Waals surface area (Å²) >= 11 is 1.74. The first-order valence-corrected chi connectivity index (χ1v) is 9.23. The van der Waals surface area contributed by atoms with Gasteiger partial charge in [-0.2, -0.15) is 5.10 Å². The van der Waals surface area contributed by atoms with Crippen LogP contribution in [0.5, 0.6) is 0 Å². The monoisotopic (exact) mass is 342 g/mol. The van der Waals surface area contributed by atoms with Gasteiger partial charge in [-0.3, -0.25) is 0 Å². The van der Waals surface area contributed by atoms with Crippen molar-refractivity contribution in [2.45, 2.75) is 32.5 Å². The molecule has 1 fully saturated rings. The predicted molar refractivity (Wildman–Crippen MR) is 97.6 cm³/mol. The number of thiazole rings is 1. The van der Waals surface area contributed by atoms with Crippen LogP contribution in [0.25, 0.3) is 10.3 Å². The van der Waals surface area contributed by atoms with Crippen molar-refractivity contribution in [3.8, 4) is 0 Å². The van der Waals surface area contributed by atoms with Crippen molar-refractivity contribution in [1.29, 1.82) is 0 Å². The molecule has 0 radical (unpaired) electrons. The number of hydrogen-bond donors (Lipinski definition) is 0. The van der Waals surface area contributed by atoms with Crippen molar-refractivity contribution in [2.24, 2.45) is 7.05 Å². The van der Waals surface area contributed by atoms with Crippen LogP contribution < -0.4 is 4.90 Å². The summed E-state index contributed by atoms with van der Waals surface area (Å²) in [7, 11) is 1.96. The number of fused-ring (bicyclic) bond motifs is 1. The van der Waals surface area contributed by atoms with Crippen LogP contribution in [0.1, 0.15) is 24.1 Å². The minimum absolute atomic E-state index is 0.269. The number of rotatable bonds is 4. The molecule has 2 aromatic heterocycles. The Bertz CT molecular complexity index is 792. The number of piperidine rings is 1. The fraction of sp³-hybridized carbons (Fsp3) is 0.444. The van der Waals surface area contributed by atoms with E-state index in [-0.39, 0.29) is 6.10 Å². The summed E-state index contributed by atoms with van der Waals surface area (Å²) in [5.41, 5.74) is 3.28. The Hall–Kier alpha value is -1.92. The summed E-state index contributed by atoms with van der Waals surface area (Å²) in [6.07, 6.45) is 2.53. The van der Waals surface area contributed by atoms with E-state index in [4.69, 9.17) is 9.72 Å². The molecular formula is C18H22N4OS. The topological polar surface area (TPSA) is 43.2 Å². The quantitative estimate of drug-likeness (QED) is 0.727. The molecule has 0 unspecified atom stereocenters. The molecule has 1 saturated heterocycles. The highest BCUT2D eigenvalue weighted by atomic mass is 32.1. The largest absolute Gasteiger partial charge is 0.372 e. The van der Waals surface area contributed by atoms with Gasteiger partial charge in [0, 0.05) is 20.1 Å². The van der Waals surface area contributed by atoms with Gasteiger partial charge in [-0.25, -0.2) is 9.67 Å². The van der Waals surface area contributed by atoms with E-state index in [1.165, 1.54) is 10.3 Å². The lowest BCUT2D eigenvalue weighted by atomic mass is 10.1. The third-order valence-electron chi connectivity index (χ3n) is 4.51. The average molecular weight is 342 g/mol. The molecule has 0 amide bonds. The van der Waals surface area contributed by atoms with Crippen LogP contribution in [0.4, 0.5) is 5.13 Å². The summed E-state index contributed by atoms with van der Waals surface area (Å²) in [6, 6.07) is 10.4. The maximum Gasteiger partial charge on any atom is 0.188 e. The zero-order chi connectivity index (χ0) is 16.5. The molecule has 1 aliphatic rings.